The fraction of sp³-hybridized carbons (Fsp3) is 0.273. The molecule has 2 aromatic carbocycles. The van der Waals surface area contributed by atoms with Crippen molar-refractivity contribution in [3.63, 3.8) is 0 Å². The first-order chi connectivity index (χ1) is 11.5. The maximum atomic E-state index is 6.67. The summed E-state index contributed by atoms with van der Waals surface area (Å²) >= 11 is 13.3. The van der Waals surface area contributed by atoms with Gasteiger partial charge in [-0.1, -0.05) is 59.7 Å². The molecule has 24 heavy (non-hydrogen) atoms. The van der Waals surface area contributed by atoms with E-state index in [0.29, 0.717) is 0 Å². The molecule has 122 valence electrons. The van der Waals surface area contributed by atoms with Gasteiger partial charge in [-0.25, -0.2) is 0 Å². The molecule has 0 saturated heterocycles. The van der Waals surface area contributed by atoms with E-state index in [-0.39, 0.29) is 10.8 Å². The number of hydrogen-bond donors (Lipinski definition) is 0. The molecule has 2 atom stereocenters. The maximum absolute atomic E-state index is 6.67. The summed E-state index contributed by atoms with van der Waals surface area (Å²) in [6.45, 7) is 4.24. The summed E-state index contributed by atoms with van der Waals surface area (Å²) in [7, 11) is 0. The molecule has 0 saturated carbocycles. The first-order valence-corrected chi connectivity index (χ1v) is 9.30. The number of halogens is 2. The number of allylic oxidation sites excluding steroid dienone is 2. The Hall–Kier alpha value is -1.50. The number of benzene rings is 2. The average Bonchev–Trinajstić information content (AvgIpc) is 3.02. The Bertz CT molecular complexity index is 800. The van der Waals surface area contributed by atoms with Gasteiger partial charge in [0.1, 0.15) is 0 Å². The zero-order valence-electron chi connectivity index (χ0n) is 13.9. The van der Waals surface area contributed by atoms with Crippen molar-refractivity contribution in [1.82, 2.24) is 0 Å². The second-order valence-corrected chi connectivity index (χ2v) is 7.80. The lowest BCUT2D eigenvalue weighted by atomic mass is 10.0. The van der Waals surface area contributed by atoms with Crippen LogP contribution in [0.2, 0.25) is 0 Å². The minimum Gasteiger partial charge on any atom is -0.113 e. The summed E-state index contributed by atoms with van der Waals surface area (Å²) in [6.07, 6.45) is 6.44. The highest BCUT2D eigenvalue weighted by molar-refractivity contribution is 6.24. The largest absolute Gasteiger partial charge is 0.113 e. The number of alkyl halides is 2. The lowest BCUT2D eigenvalue weighted by Crippen LogP contribution is -1.95. The van der Waals surface area contributed by atoms with E-state index in [1.807, 2.05) is 0 Å². The van der Waals surface area contributed by atoms with Crippen molar-refractivity contribution in [1.29, 1.82) is 0 Å². The Balaban J connectivity index is 1.51. The molecule has 0 spiro atoms. The van der Waals surface area contributed by atoms with Crippen LogP contribution in [0.1, 0.15) is 57.0 Å². The molecule has 0 bridgehead atoms. The Morgan fingerprint density at radius 2 is 1.12 bits per heavy atom. The molecule has 0 amide bonds. The van der Waals surface area contributed by atoms with Crippen LogP contribution in [0.3, 0.4) is 0 Å². The highest BCUT2D eigenvalue weighted by atomic mass is 35.5. The molecule has 0 fully saturated rings. The van der Waals surface area contributed by atoms with E-state index >= 15 is 0 Å². The summed E-state index contributed by atoms with van der Waals surface area (Å²) in [5.74, 6) is 0. The molecule has 2 unspecified atom stereocenters. The van der Waals surface area contributed by atoms with E-state index in [4.69, 9.17) is 23.2 Å². The van der Waals surface area contributed by atoms with Crippen molar-refractivity contribution < 1.29 is 0 Å². The van der Waals surface area contributed by atoms with E-state index in [1.165, 1.54) is 44.5 Å². The SMILES string of the molecule is Cc1ccc2c(c1)C=C(CCC1=Cc3cc(C)ccc3C1Cl)C2Cl. The molecule has 0 nitrogen and oxygen atoms in total. The van der Waals surface area contributed by atoms with Crippen molar-refractivity contribution in [2.24, 2.45) is 0 Å². The predicted octanol–water partition coefficient (Wildman–Crippen LogP) is 7.14. The van der Waals surface area contributed by atoms with Gasteiger partial charge in [-0.05, 0) is 60.1 Å². The third-order valence-electron chi connectivity index (χ3n) is 5.07. The normalized spacial score (nSPS) is 21.3. The molecular formula is C22H20Cl2. The van der Waals surface area contributed by atoms with Gasteiger partial charge in [-0.15, -0.1) is 23.2 Å². The van der Waals surface area contributed by atoms with Crippen LogP contribution in [0.25, 0.3) is 12.2 Å². The van der Waals surface area contributed by atoms with Gasteiger partial charge in [-0.3, -0.25) is 0 Å². The summed E-state index contributed by atoms with van der Waals surface area (Å²) in [6, 6.07) is 13.0. The fourth-order valence-electron chi connectivity index (χ4n) is 3.73. The quantitative estimate of drug-likeness (QED) is 0.513. The monoisotopic (exact) mass is 354 g/mol. The van der Waals surface area contributed by atoms with Gasteiger partial charge in [0.25, 0.3) is 0 Å². The zero-order valence-corrected chi connectivity index (χ0v) is 15.5. The van der Waals surface area contributed by atoms with Gasteiger partial charge in [0.15, 0.2) is 0 Å². The molecule has 0 N–H and O–H groups in total. The molecule has 2 heteroatoms. The van der Waals surface area contributed by atoms with Crippen LogP contribution in [0.15, 0.2) is 47.5 Å². The van der Waals surface area contributed by atoms with Crippen molar-refractivity contribution in [3.05, 3.63) is 80.9 Å². The third-order valence-corrected chi connectivity index (χ3v) is 6.10. The van der Waals surface area contributed by atoms with E-state index in [1.54, 1.807) is 0 Å². The smallest absolute Gasteiger partial charge is 0.0804 e. The number of fused-ring (bicyclic) bond motifs is 2. The number of aryl methyl sites for hydroxylation is 2. The standard InChI is InChI=1S/C22H20Cl2/c1-13-3-7-19-17(9-13)11-15(21(19)23)5-6-16-12-18-10-14(2)4-8-20(18)22(16)24/h3-4,7-12,21-22H,5-6H2,1-2H3. The van der Waals surface area contributed by atoms with Crippen LogP contribution in [-0.4, -0.2) is 0 Å². The van der Waals surface area contributed by atoms with Crippen LogP contribution in [-0.2, 0) is 0 Å². The fourth-order valence-corrected chi connectivity index (χ4v) is 4.47. The highest BCUT2D eigenvalue weighted by Crippen LogP contribution is 2.45. The molecule has 2 aliphatic carbocycles. The van der Waals surface area contributed by atoms with Crippen LogP contribution >= 0.6 is 23.2 Å². The highest BCUT2D eigenvalue weighted by Gasteiger charge is 2.26. The van der Waals surface area contributed by atoms with Crippen LogP contribution in [0.4, 0.5) is 0 Å². The molecule has 0 aromatic heterocycles. The summed E-state index contributed by atoms with van der Waals surface area (Å²) in [5, 5.41) is 0.00185. The van der Waals surface area contributed by atoms with Gasteiger partial charge >= 0.3 is 0 Å². The van der Waals surface area contributed by atoms with E-state index in [2.05, 4.69) is 62.4 Å². The van der Waals surface area contributed by atoms with Gasteiger partial charge in [-0.2, -0.15) is 0 Å². The van der Waals surface area contributed by atoms with Gasteiger partial charge < -0.3 is 0 Å². The first-order valence-electron chi connectivity index (χ1n) is 8.43. The minimum atomic E-state index is 0.000924. The van der Waals surface area contributed by atoms with Crippen molar-refractivity contribution in [2.45, 2.75) is 37.4 Å². The molecule has 2 aliphatic rings. The van der Waals surface area contributed by atoms with Crippen molar-refractivity contribution in [2.75, 3.05) is 0 Å². The Morgan fingerprint density at radius 1 is 0.708 bits per heavy atom. The van der Waals surface area contributed by atoms with Gasteiger partial charge in [0.2, 0.25) is 0 Å². The first kappa shape index (κ1) is 16.0. The Morgan fingerprint density at radius 3 is 1.54 bits per heavy atom. The molecule has 0 aliphatic heterocycles. The van der Waals surface area contributed by atoms with Crippen molar-refractivity contribution >= 4 is 35.4 Å². The van der Waals surface area contributed by atoms with Crippen molar-refractivity contribution in [3.8, 4) is 0 Å². The predicted molar refractivity (Wildman–Crippen MR) is 105 cm³/mol. The summed E-state index contributed by atoms with van der Waals surface area (Å²) < 4.78 is 0. The average molecular weight is 355 g/mol. The maximum Gasteiger partial charge on any atom is 0.0804 e. The third kappa shape index (κ3) is 2.72. The number of rotatable bonds is 3. The van der Waals surface area contributed by atoms with Crippen LogP contribution < -0.4 is 0 Å². The zero-order chi connectivity index (χ0) is 16.8. The second-order valence-electron chi connectivity index (χ2n) is 6.93. The lowest BCUT2D eigenvalue weighted by molar-refractivity contribution is 0.868. The molecule has 0 radical (unpaired) electrons. The lowest BCUT2D eigenvalue weighted by Gasteiger charge is -2.12. The summed E-state index contributed by atoms with van der Waals surface area (Å²) in [5.41, 5.74) is 10.2. The van der Waals surface area contributed by atoms with Crippen LogP contribution in [0, 0.1) is 13.8 Å². The summed E-state index contributed by atoms with van der Waals surface area (Å²) in [4.78, 5) is 0. The molecule has 0 heterocycles. The van der Waals surface area contributed by atoms with Crippen LogP contribution in [0.5, 0.6) is 0 Å². The number of hydrogen-bond acceptors (Lipinski definition) is 0. The Kier molecular flexibility index (Phi) is 4.06. The minimum absolute atomic E-state index is 0.000924. The van der Waals surface area contributed by atoms with E-state index < -0.39 is 0 Å². The van der Waals surface area contributed by atoms with Gasteiger partial charge in [0.05, 0.1) is 10.8 Å². The molecular weight excluding hydrogens is 335 g/mol. The Labute approximate surface area is 153 Å². The van der Waals surface area contributed by atoms with E-state index in [0.717, 1.165) is 12.8 Å². The molecule has 4 rings (SSSR count). The van der Waals surface area contributed by atoms with E-state index in [9.17, 15) is 0 Å². The van der Waals surface area contributed by atoms with Gasteiger partial charge in [0, 0.05) is 0 Å². The molecule has 2 aromatic rings. The second kappa shape index (κ2) is 6.10. The topological polar surface area (TPSA) is 0 Å².